The summed E-state index contributed by atoms with van der Waals surface area (Å²) in [4.78, 5) is 25.0. The summed E-state index contributed by atoms with van der Waals surface area (Å²) >= 11 is 0. The summed E-state index contributed by atoms with van der Waals surface area (Å²) in [6.07, 6.45) is 0.711. The van der Waals surface area contributed by atoms with Gasteiger partial charge in [0.2, 0.25) is 11.9 Å². The van der Waals surface area contributed by atoms with Gasteiger partial charge in [-0.15, -0.1) is 0 Å². The maximum absolute atomic E-state index is 14.0. The van der Waals surface area contributed by atoms with E-state index in [1.165, 1.54) is 30.2 Å². The highest BCUT2D eigenvalue weighted by molar-refractivity contribution is 7.91. The van der Waals surface area contributed by atoms with Gasteiger partial charge < -0.3 is 15.1 Å². The molecule has 0 bridgehead atoms. The second kappa shape index (κ2) is 8.92. The Balaban J connectivity index is 1.70. The molecule has 13 heteroatoms. The molecule has 1 aromatic heterocycles. The third-order valence-electron chi connectivity index (χ3n) is 5.97. The van der Waals surface area contributed by atoms with Gasteiger partial charge in [0.1, 0.15) is 11.4 Å². The average molecular weight is 515 g/mol. The number of carbonyl (C=O) groups excluding carboxylic acids is 1. The SMILES string of the molecule is Cc1nc(N2CC(F)(F)C2)nc(N2CCCC(F)(F)CC2)c1C(=O)Nc1cccc(S(C)(=N)=O)c1. The van der Waals surface area contributed by atoms with Gasteiger partial charge in [0.15, 0.2) is 0 Å². The number of benzene rings is 1. The van der Waals surface area contributed by atoms with E-state index in [2.05, 4.69) is 15.3 Å². The van der Waals surface area contributed by atoms with Crippen LogP contribution in [0.1, 0.15) is 35.3 Å². The number of aryl methyl sites for hydroxylation is 1. The van der Waals surface area contributed by atoms with Gasteiger partial charge in [-0.2, -0.15) is 4.98 Å². The van der Waals surface area contributed by atoms with E-state index in [1.807, 2.05) is 0 Å². The van der Waals surface area contributed by atoms with Crippen molar-refractivity contribution in [2.45, 2.75) is 42.9 Å². The van der Waals surface area contributed by atoms with E-state index in [0.717, 1.165) is 0 Å². The van der Waals surface area contributed by atoms with Crippen LogP contribution in [0.2, 0.25) is 0 Å². The molecule has 2 aliphatic heterocycles. The van der Waals surface area contributed by atoms with Crippen LogP contribution < -0.4 is 15.1 Å². The Labute approximate surface area is 200 Å². The van der Waals surface area contributed by atoms with Gasteiger partial charge in [-0.3, -0.25) is 4.79 Å². The lowest BCUT2D eigenvalue weighted by molar-refractivity contribution is -0.0272. The predicted molar refractivity (Wildman–Crippen MR) is 124 cm³/mol. The van der Waals surface area contributed by atoms with Gasteiger partial charge in [-0.25, -0.2) is 31.5 Å². The second-order valence-electron chi connectivity index (χ2n) is 9.04. The van der Waals surface area contributed by atoms with E-state index in [4.69, 9.17) is 4.78 Å². The number of carbonyl (C=O) groups is 1. The fraction of sp³-hybridized carbons (Fsp3) is 0.500. The minimum atomic E-state index is -3.02. The van der Waals surface area contributed by atoms with Crippen molar-refractivity contribution in [1.82, 2.24) is 9.97 Å². The summed E-state index contributed by atoms with van der Waals surface area (Å²) < 4.78 is 74.7. The zero-order valence-corrected chi connectivity index (χ0v) is 20.1. The summed E-state index contributed by atoms with van der Waals surface area (Å²) in [7, 11) is -3.02. The van der Waals surface area contributed by atoms with E-state index >= 15 is 0 Å². The molecule has 190 valence electrons. The van der Waals surface area contributed by atoms with Crippen LogP contribution in [0.4, 0.5) is 35.0 Å². The van der Waals surface area contributed by atoms with E-state index in [-0.39, 0.29) is 59.5 Å². The molecular weight excluding hydrogens is 488 g/mol. The lowest BCUT2D eigenvalue weighted by atomic mass is 10.1. The van der Waals surface area contributed by atoms with Crippen LogP contribution in [-0.2, 0) is 9.73 Å². The van der Waals surface area contributed by atoms with E-state index in [0.29, 0.717) is 0 Å². The molecule has 2 aromatic rings. The van der Waals surface area contributed by atoms with Gasteiger partial charge >= 0.3 is 0 Å². The minimum absolute atomic E-state index is 0.0120. The number of amides is 1. The first-order chi connectivity index (χ1) is 16.2. The molecule has 1 atom stereocenters. The first kappa shape index (κ1) is 25.1. The van der Waals surface area contributed by atoms with E-state index in [1.54, 1.807) is 17.0 Å². The predicted octanol–water partition coefficient (Wildman–Crippen LogP) is 4.15. The second-order valence-corrected chi connectivity index (χ2v) is 11.2. The quantitative estimate of drug-likeness (QED) is 0.582. The van der Waals surface area contributed by atoms with Crippen molar-refractivity contribution >= 4 is 33.1 Å². The molecule has 2 aliphatic rings. The molecule has 2 saturated heterocycles. The van der Waals surface area contributed by atoms with Gasteiger partial charge in [-0.05, 0) is 31.5 Å². The molecule has 1 aromatic carbocycles. The Hall–Kier alpha value is -2.96. The van der Waals surface area contributed by atoms with E-state index < -0.39 is 47.0 Å². The number of aromatic nitrogens is 2. The fourth-order valence-electron chi connectivity index (χ4n) is 4.12. The van der Waals surface area contributed by atoms with E-state index in [9.17, 15) is 26.6 Å². The standard InChI is InChI=1S/C22H26F4N6O2S/c1-14-17(19(33)29-15-5-3-6-16(11-15)35(2,27)34)18(31-9-4-7-21(23,24)8-10-31)30-20(28-14)32-12-22(25,26)13-32/h3,5-6,11,27H,4,7-10,12-13H2,1-2H3,(H,29,33). The van der Waals surface area contributed by atoms with Crippen molar-refractivity contribution in [2.75, 3.05) is 47.6 Å². The van der Waals surface area contributed by atoms with Gasteiger partial charge in [0.05, 0.1) is 28.5 Å². The lowest BCUT2D eigenvalue weighted by Gasteiger charge is -2.39. The largest absolute Gasteiger partial charge is 0.356 e. The molecule has 2 fully saturated rings. The van der Waals surface area contributed by atoms with Crippen molar-refractivity contribution in [3.63, 3.8) is 0 Å². The lowest BCUT2D eigenvalue weighted by Crippen LogP contribution is -2.57. The molecule has 2 N–H and O–H groups in total. The molecule has 3 heterocycles. The van der Waals surface area contributed by atoms with Crippen LogP contribution in [0.3, 0.4) is 0 Å². The van der Waals surface area contributed by atoms with Crippen molar-refractivity contribution in [1.29, 1.82) is 4.78 Å². The van der Waals surface area contributed by atoms with Crippen LogP contribution in [0, 0.1) is 11.7 Å². The smallest absolute Gasteiger partial charge is 0.282 e. The summed E-state index contributed by atoms with van der Waals surface area (Å²) in [5.74, 6) is -6.21. The zero-order valence-electron chi connectivity index (χ0n) is 19.3. The molecule has 1 amide bonds. The number of nitrogens with one attached hydrogen (secondary N) is 2. The van der Waals surface area contributed by atoms with Gasteiger partial charge in [0.25, 0.3) is 11.8 Å². The third-order valence-corrected chi connectivity index (χ3v) is 7.13. The molecular formula is C22H26F4N6O2S. The molecule has 0 aliphatic carbocycles. The first-order valence-corrected chi connectivity index (χ1v) is 13.0. The third kappa shape index (κ3) is 5.65. The minimum Gasteiger partial charge on any atom is -0.356 e. The molecule has 35 heavy (non-hydrogen) atoms. The first-order valence-electron chi connectivity index (χ1n) is 11.0. The number of hydrogen-bond donors (Lipinski definition) is 2. The van der Waals surface area contributed by atoms with Crippen molar-refractivity contribution < 1.29 is 26.6 Å². The maximum Gasteiger partial charge on any atom is 0.282 e. The van der Waals surface area contributed by atoms with Crippen LogP contribution in [0.25, 0.3) is 0 Å². The molecule has 4 rings (SSSR count). The van der Waals surface area contributed by atoms with Crippen molar-refractivity contribution in [3.8, 4) is 0 Å². The molecule has 8 nitrogen and oxygen atoms in total. The number of rotatable bonds is 5. The van der Waals surface area contributed by atoms with Crippen LogP contribution in [-0.4, -0.2) is 64.4 Å². The number of hydrogen-bond acceptors (Lipinski definition) is 7. The summed E-state index contributed by atoms with van der Waals surface area (Å²) in [6, 6.07) is 6.05. The number of nitrogens with zero attached hydrogens (tertiary/aromatic N) is 4. The Morgan fingerprint density at radius 2 is 1.80 bits per heavy atom. The fourth-order valence-corrected chi connectivity index (χ4v) is 4.81. The highest BCUT2D eigenvalue weighted by Crippen LogP contribution is 2.35. The van der Waals surface area contributed by atoms with Crippen molar-refractivity contribution in [3.05, 3.63) is 35.5 Å². The topological polar surface area (TPSA) is 102 Å². The maximum atomic E-state index is 14.0. The molecule has 0 spiro atoms. The van der Waals surface area contributed by atoms with Crippen LogP contribution >= 0.6 is 0 Å². The Morgan fingerprint density at radius 1 is 1.09 bits per heavy atom. The van der Waals surface area contributed by atoms with Gasteiger partial charge in [0, 0.05) is 42.8 Å². The molecule has 0 radical (unpaired) electrons. The molecule has 0 saturated carbocycles. The summed E-state index contributed by atoms with van der Waals surface area (Å²) in [5, 5.41) is 2.68. The monoisotopic (exact) mass is 514 g/mol. The number of anilines is 3. The van der Waals surface area contributed by atoms with Gasteiger partial charge in [-0.1, -0.05) is 6.07 Å². The zero-order chi connectivity index (χ0) is 25.6. The highest BCUT2D eigenvalue weighted by atomic mass is 32.2. The number of alkyl halides is 4. The van der Waals surface area contributed by atoms with Crippen LogP contribution in [0.15, 0.2) is 29.2 Å². The Bertz CT molecular complexity index is 1250. The average Bonchev–Trinajstić information content (AvgIpc) is 2.91. The normalized spacial score (nSPS) is 21.0. The van der Waals surface area contributed by atoms with Crippen LogP contribution in [0.5, 0.6) is 0 Å². The number of halogens is 4. The molecule has 1 unspecified atom stereocenters. The summed E-state index contributed by atoms with van der Waals surface area (Å²) in [5.41, 5.74) is 0.540. The van der Waals surface area contributed by atoms with Crippen molar-refractivity contribution in [2.24, 2.45) is 0 Å². The highest BCUT2D eigenvalue weighted by Gasteiger charge is 2.45. The Morgan fingerprint density at radius 3 is 2.46 bits per heavy atom. The Kier molecular flexibility index (Phi) is 6.41. The summed E-state index contributed by atoms with van der Waals surface area (Å²) in [6.45, 7) is 0.560.